The lowest BCUT2D eigenvalue weighted by Crippen LogP contribution is -2.16. The average Bonchev–Trinajstić information content (AvgIpc) is 2.68. The lowest BCUT2D eigenvalue weighted by molar-refractivity contribution is 0.0600. The van der Waals surface area contributed by atoms with Crippen molar-refractivity contribution in [2.24, 2.45) is 5.10 Å². The number of nitrogens with zero attached hydrogens (tertiary/aromatic N) is 2. The predicted octanol–water partition coefficient (Wildman–Crippen LogP) is 3.53. The second-order valence-electron chi connectivity index (χ2n) is 4.44. The van der Waals surface area contributed by atoms with Crippen LogP contribution in [0.2, 0.25) is 10.0 Å². The predicted molar refractivity (Wildman–Crippen MR) is 76.0 cm³/mol. The van der Waals surface area contributed by atoms with Crippen molar-refractivity contribution >= 4 is 34.9 Å². The number of halogens is 2. The van der Waals surface area contributed by atoms with Gasteiger partial charge in [0.1, 0.15) is 0 Å². The molecule has 0 radical (unpaired) electrons. The Balaban J connectivity index is 2.49. The maximum atomic E-state index is 11.7. The Kier molecular flexibility index (Phi) is 4.02. The van der Waals surface area contributed by atoms with Gasteiger partial charge in [0.05, 0.1) is 23.7 Å². The van der Waals surface area contributed by atoms with Crippen molar-refractivity contribution in [1.29, 1.82) is 0 Å². The smallest absolute Gasteiger partial charge is 0.339 e. The van der Waals surface area contributed by atoms with Crippen LogP contribution in [0.5, 0.6) is 0 Å². The van der Waals surface area contributed by atoms with E-state index in [0.717, 1.165) is 12.1 Å². The Morgan fingerprint density at radius 1 is 1.47 bits per heavy atom. The first-order chi connectivity index (χ1) is 8.95. The van der Waals surface area contributed by atoms with E-state index in [-0.39, 0.29) is 6.04 Å². The van der Waals surface area contributed by atoms with Crippen LogP contribution < -0.4 is 0 Å². The van der Waals surface area contributed by atoms with Crippen LogP contribution in [-0.4, -0.2) is 30.8 Å². The van der Waals surface area contributed by atoms with Gasteiger partial charge in [-0.2, -0.15) is 5.10 Å². The summed E-state index contributed by atoms with van der Waals surface area (Å²) >= 11 is 12.5. The quantitative estimate of drug-likeness (QED) is 0.785. The molecule has 0 N–H and O–H groups in total. The summed E-state index contributed by atoms with van der Waals surface area (Å²) in [5.41, 5.74) is 2.04. The fraction of sp³-hybridized carbons (Fsp3) is 0.385. The van der Waals surface area contributed by atoms with E-state index in [1.807, 2.05) is 19.0 Å². The minimum atomic E-state index is -0.471. The third-order valence-corrected chi connectivity index (χ3v) is 3.87. The third-order valence-electron chi connectivity index (χ3n) is 3.13. The first-order valence-corrected chi connectivity index (χ1v) is 6.54. The van der Waals surface area contributed by atoms with Crippen LogP contribution in [0.3, 0.4) is 0 Å². The molecule has 0 amide bonds. The third kappa shape index (κ3) is 2.55. The molecule has 1 heterocycles. The minimum absolute atomic E-state index is 0.0513. The molecule has 0 aliphatic carbocycles. The topological polar surface area (TPSA) is 41.9 Å². The molecule has 1 aromatic rings. The van der Waals surface area contributed by atoms with Gasteiger partial charge in [-0.1, -0.05) is 23.2 Å². The highest BCUT2D eigenvalue weighted by molar-refractivity contribution is 6.38. The largest absolute Gasteiger partial charge is 0.465 e. The number of carbonyl (C=O) groups excluding carboxylic acids is 1. The lowest BCUT2D eigenvalue weighted by Gasteiger charge is -2.22. The fourth-order valence-corrected chi connectivity index (χ4v) is 2.92. The van der Waals surface area contributed by atoms with Crippen LogP contribution >= 0.6 is 23.2 Å². The van der Waals surface area contributed by atoms with Crippen molar-refractivity contribution < 1.29 is 9.53 Å². The van der Waals surface area contributed by atoms with Crippen molar-refractivity contribution in [3.8, 4) is 0 Å². The zero-order chi connectivity index (χ0) is 14.2. The number of hydrogen-bond donors (Lipinski definition) is 0. The first kappa shape index (κ1) is 14.2. The monoisotopic (exact) mass is 300 g/mol. The maximum absolute atomic E-state index is 11.7. The summed E-state index contributed by atoms with van der Waals surface area (Å²) < 4.78 is 4.71. The summed E-state index contributed by atoms with van der Waals surface area (Å²) in [6.45, 7) is 1.95. The molecule has 0 aromatic heterocycles. The Labute approximate surface area is 121 Å². The van der Waals surface area contributed by atoms with E-state index in [0.29, 0.717) is 21.2 Å². The molecule has 0 spiro atoms. The minimum Gasteiger partial charge on any atom is -0.465 e. The summed E-state index contributed by atoms with van der Waals surface area (Å²) in [5.74, 6) is -0.471. The highest BCUT2D eigenvalue weighted by atomic mass is 35.5. The van der Waals surface area contributed by atoms with Gasteiger partial charge >= 0.3 is 5.97 Å². The number of benzene rings is 1. The zero-order valence-corrected chi connectivity index (χ0v) is 12.4. The molecule has 19 heavy (non-hydrogen) atoms. The summed E-state index contributed by atoms with van der Waals surface area (Å²) in [6.07, 6.45) is 0.737. The van der Waals surface area contributed by atoms with Gasteiger partial charge in [-0.05, 0) is 19.1 Å². The van der Waals surface area contributed by atoms with Crippen LogP contribution in [0.4, 0.5) is 0 Å². The molecular weight excluding hydrogens is 287 g/mol. The van der Waals surface area contributed by atoms with Crippen LogP contribution in [0.15, 0.2) is 17.2 Å². The van der Waals surface area contributed by atoms with Gasteiger partial charge in [-0.25, -0.2) is 4.79 Å². The highest BCUT2D eigenvalue weighted by Crippen LogP contribution is 2.39. The molecule has 0 saturated heterocycles. The standard InChI is InChI=1S/C13H14Cl2N2O2/c1-7-6-10(17(2)16-7)11-9(14)5-4-8(12(11)15)13(18)19-3/h4-5,10H,6H2,1-3H3. The summed E-state index contributed by atoms with van der Waals surface area (Å²) in [6, 6.07) is 3.18. The van der Waals surface area contributed by atoms with E-state index in [1.54, 1.807) is 12.1 Å². The second kappa shape index (κ2) is 5.39. The van der Waals surface area contributed by atoms with E-state index >= 15 is 0 Å². The number of carbonyl (C=O) groups is 1. The molecule has 1 aliphatic heterocycles. The van der Waals surface area contributed by atoms with E-state index in [1.165, 1.54) is 7.11 Å². The SMILES string of the molecule is COC(=O)c1ccc(Cl)c(C2CC(C)=NN2C)c1Cl. The van der Waals surface area contributed by atoms with E-state index in [9.17, 15) is 4.79 Å². The van der Waals surface area contributed by atoms with E-state index in [2.05, 4.69) is 5.10 Å². The Morgan fingerprint density at radius 2 is 2.16 bits per heavy atom. The van der Waals surface area contributed by atoms with Crippen LogP contribution in [-0.2, 0) is 4.74 Å². The summed E-state index contributed by atoms with van der Waals surface area (Å²) in [5, 5.41) is 7.01. The van der Waals surface area contributed by atoms with Crippen LogP contribution in [0.25, 0.3) is 0 Å². The molecule has 1 atom stereocenters. The second-order valence-corrected chi connectivity index (χ2v) is 5.23. The van der Waals surface area contributed by atoms with Gasteiger partial charge in [0.2, 0.25) is 0 Å². The van der Waals surface area contributed by atoms with Crippen LogP contribution in [0.1, 0.15) is 35.3 Å². The number of hydrogen-bond acceptors (Lipinski definition) is 4. The van der Waals surface area contributed by atoms with Gasteiger partial charge in [0.15, 0.2) is 0 Å². The number of rotatable bonds is 2. The van der Waals surface area contributed by atoms with Gasteiger partial charge < -0.3 is 4.74 Å². The van der Waals surface area contributed by atoms with E-state index < -0.39 is 5.97 Å². The average molecular weight is 301 g/mol. The van der Waals surface area contributed by atoms with Crippen molar-refractivity contribution in [3.05, 3.63) is 33.3 Å². The molecule has 6 heteroatoms. The molecule has 4 nitrogen and oxygen atoms in total. The Morgan fingerprint density at radius 3 is 2.68 bits per heavy atom. The summed E-state index contributed by atoms with van der Waals surface area (Å²) in [7, 11) is 3.18. The van der Waals surface area contributed by atoms with Crippen molar-refractivity contribution in [2.45, 2.75) is 19.4 Å². The molecule has 1 aromatic carbocycles. The maximum Gasteiger partial charge on any atom is 0.339 e. The number of ether oxygens (including phenoxy) is 1. The number of esters is 1. The van der Waals surface area contributed by atoms with Gasteiger partial charge in [-0.3, -0.25) is 5.01 Å². The molecule has 1 aliphatic rings. The van der Waals surface area contributed by atoms with Crippen molar-refractivity contribution in [2.75, 3.05) is 14.2 Å². The van der Waals surface area contributed by atoms with Gasteiger partial charge in [0, 0.05) is 29.8 Å². The molecule has 2 rings (SSSR count). The lowest BCUT2D eigenvalue weighted by atomic mass is 10.00. The fourth-order valence-electron chi connectivity index (χ4n) is 2.22. The first-order valence-electron chi connectivity index (χ1n) is 5.78. The highest BCUT2D eigenvalue weighted by Gasteiger charge is 2.29. The number of methoxy groups -OCH3 is 1. The Hall–Kier alpha value is -1.26. The van der Waals surface area contributed by atoms with E-state index in [4.69, 9.17) is 27.9 Å². The normalized spacial score (nSPS) is 18.5. The van der Waals surface area contributed by atoms with Crippen molar-refractivity contribution in [3.63, 3.8) is 0 Å². The molecule has 0 fully saturated rings. The molecule has 0 saturated carbocycles. The van der Waals surface area contributed by atoms with Crippen LogP contribution in [0, 0.1) is 0 Å². The zero-order valence-electron chi connectivity index (χ0n) is 10.9. The molecular formula is C13H14Cl2N2O2. The molecule has 102 valence electrons. The van der Waals surface area contributed by atoms with Gasteiger partial charge in [-0.15, -0.1) is 0 Å². The summed E-state index contributed by atoms with van der Waals surface area (Å²) in [4.78, 5) is 11.7. The van der Waals surface area contributed by atoms with Gasteiger partial charge in [0.25, 0.3) is 0 Å². The Bertz CT molecular complexity index is 558. The van der Waals surface area contributed by atoms with Crippen molar-refractivity contribution in [1.82, 2.24) is 5.01 Å². The molecule has 0 bridgehead atoms. The molecule has 1 unspecified atom stereocenters. The number of hydrazone groups is 1.